The smallest absolute Gasteiger partial charge is 0.161 e. The van der Waals surface area contributed by atoms with Gasteiger partial charge in [0.25, 0.3) is 0 Å². The number of aromatic nitrogens is 1. The molecule has 2 aliphatic heterocycles. The molecule has 2 aliphatic rings. The SMILES string of the molecule is CC(C)(C)[Si](C)(C)n1cc(C2=CCN3CCC[C@@H]3C2)c2cc(Br)ccc21. The quantitative estimate of drug-likeness (QED) is 0.492. The molecule has 1 aromatic carbocycles. The molecule has 2 aromatic rings. The van der Waals surface area contributed by atoms with Gasteiger partial charge in [-0.1, -0.05) is 55.9 Å². The predicted octanol–water partition coefficient (Wildman–Crippen LogP) is 6.51. The zero-order valence-electron chi connectivity index (χ0n) is 16.8. The van der Waals surface area contributed by atoms with Crippen LogP contribution in [0.1, 0.15) is 45.6 Å². The van der Waals surface area contributed by atoms with Crippen molar-refractivity contribution in [1.82, 2.24) is 9.13 Å². The maximum absolute atomic E-state index is 3.71. The molecule has 1 aromatic heterocycles. The molecule has 0 saturated carbocycles. The van der Waals surface area contributed by atoms with Crippen LogP contribution in [0.15, 0.2) is 34.9 Å². The Bertz CT molecular complexity index is 872. The van der Waals surface area contributed by atoms with Gasteiger partial charge in [-0.25, -0.2) is 0 Å². The van der Waals surface area contributed by atoms with Gasteiger partial charge in [0.15, 0.2) is 8.24 Å². The van der Waals surface area contributed by atoms with Crippen molar-refractivity contribution in [2.45, 2.75) is 64.2 Å². The van der Waals surface area contributed by atoms with Crippen LogP contribution in [0.5, 0.6) is 0 Å². The molecule has 0 spiro atoms. The van der Waals surface area contributed by atoms with Gasteiger partial charge in [-0.3, -0.25) is 4.90 Å². The van der Waals surface area contributed by atoms with Gasteiger partial charge >= 0.3 is 0 Å². The summed E-state index contributed by atoms with van der Waals surface area (Å²) in [7, 11) is -1.67. The van der Waals surface area contributed by atoms with Crippen molar-refractivity contribution in [3.8, 4) is 0 Å². The first-order chi connectivity index (χ1) is 12.2. The van der Waals surface area contributed by atoms with Crippen LogP contribution in [-0.2, 0) is 0 Å². The third kappa shape index (κ3) is 2.94. The van der Waals surface area contributed by atoms with Gasteiger partial charge < -0.3 is 4.23 Å². The van der Waals surface area contributed by atoms with E-state index in [2.05, 4.69) is 89.4 Å². The lowest BCUT2D eigenvalue weighted by molar-refractivity contribution is 0.275. The van der Waals surface area contributed by atoms with Crippen molar-refractivity contribution in [1.29, 1.82) is 0 Å². The molecule has 4 heteroatoms. The number of nitrogens with zero attached hydrogens (tertiary/aromatic N) is 2. The fourth-order valence-electron chi connectivity index (χ4n) is 4.43. The van der Waals surface area contributed by atoms with Crippen LogP contribution in [0.3, 0.4) is 0 Å². The normalized spacial score (nSPS) is 21.9. The van der Waals surface area contributed by atoms with Crippen LogP contribution in [0, 0.1) is 0 Å². The van der Waals surface area contributed by atoms with Gasteiger partial charge in [-0.15, -0.1) is 0 Å². The van der Waals surface area contributed by atoms with E-state index in [1.54, 1.807) is 5.57 Å². The van der Waals surface area contributed by atoms with E-state index in [-0.39, 0.29) is 0 Å². The Labute approximate surface area is 167 Å². The van der Waals surface area contributed by atoms with Crippen molar-refractivity contribution in [3.63, 3.8) is 0 Å². The Morgan fingerprint density at radius 2 is 1.96 bits per heavy atom. The zero-order chi connectivity index (χ0) is 18.7. The number of hydrogen-bond acceptors (Lipinski definition) is 1. The van der Waals surface area contributed by atoms with Crippen molar-refractivity contribution in [2.75, 3.05) is 13.1 Å². The average molecular weight is 431 g/mol. The van der Waals surface area contributed by atoms with Crippen LogP contribution >= 0.6 is 15.9 Å². The van der Waals surface area contributed by atoms with Gasteiger partial charge in [0.05, 0.1) is 0 Å². The molecule has 4 rings (SSSR count). The van der Waals surface area contributed by atoms with Crippen molar-refractivity contribution in [2.24, 2.45) is 0 Å². The summed E-state index contributed by atoms with van der Waals surface area (Å²) >= 11 is 3.71. The lowest BCUT2D eigenvalue weighted by Crippen LogP contribution is -2.44. The highest BCUT2D eigenvalue weighted by Gasteiger charge is 2.39. The first-order valence-corrected chi connectivity index (χ1v) is 13.7. The van der Waals surface area contributed by atoms with Gasteiger partial charge in [0, 0.05) is 39.7 Å². The van der Waals surface area contributed by atoms with Gasteiger partial charge in [-0.2, -0.15) is 0 Å². The fourth-order valence-corrected chi connectivity index (χ4v) is 6.77. The van der Waals surface area contributed by atoms with E-state index in [0.717, 1.165) is 12.6 Å². The third-order valence-corrected chi connectivity index (χ3v) is 12.8. The van der Waals surface area contributed by atoms with E-state index in [4.69, 9.17) is 0 Å². The highest BCUT2D eigenvalue weighted by Crippen LogP contribution is 2.42. The summed E-state index contributed by atoms with van der Waals surface area (Å²) < 4.78 is 3.84. The average Bonchev–Trinajstić information content (AvgIpc) is 3.16. The van der Waals surface area contributed by atoms with Crippen molar-refractivity contribution in [3.05, 3.63) is 40.5 Å². The van der Waals surface area contributed by atoms with Crippen molar-refractivity contribution < 1.29 is 0 Å². The Morgan fingerprint density at radius 1 is 1.19 bits per heavy atom. The lowest BCUT2D eigenvalue weighted by atomic mass is 9.94. The molecule has 1 fully saturated rings. The molecule has 0 bridgehead atoms. The Morgan fingerprint density at radius 3 is 2.69 bits per heavy atom. The predicted molar refractivity (Wildman–Crippen MR) is 119 cm³/mol. The summed E-state index contributed by atoms with van der Waals surface area (Å²) in [4.78, 5) is 2.66. The molecule has 0 aliphatic carbocycles. The largest absolute Gasteiger partial charge is 0.373 e. The van der Waals surface area contributed by atoms with E-state index in [0.29, 0.717) is 5.04 Å². The zero-order valence-corrected chi connectivity index (χ0v) is 19.4. The standard InChI is InChI=1S/C22H31BrN2Si/c1-22(2,3)26(4,5)25-15-20(19-14-17(23)8-9-21(19)25)16-10-12-24-11-6-7-18(24)13-16/h8-10,14-15,18H,6-7,11-13H2,1-5H3/t18-/m1/s1. The fraction of sp³-hybridized carbons (Fsp3) is 0.545. The molecule has 1 saturated heterocycles. The molecular formula is C22H31BrN2Si. The van der Waals surface area contributed by atoms with E-state index in [1.807, 2.05) is 0 Å². The van der Waals surface area contributed by atoms with Crippen LogP contribution in [0.25, 0.3) is 16.5 Å². The molecule has 0 radical (unpaired) electrons. The van der Waals surface area contributed by atoms with E-state index < -0.39 is 8.24 Å². The summed E-state index contributed by atoms with van der Waals surface area (Å²) in [5.41, 5.74) is 4.44. The number of hydrogen-bond donors (Lipinski definition) is 0. The van der Waals surface area contributed by atoms with Gasteiger partial charge in [-0.05, 0) is 54.6 Å². The Kier molecular flexibility index (Phi) is 4.52. The highest BCUT2D eigenvalue weighted by atomic mass is 79.9. The van der Waals surface area contributed by atoms with Gasteiger partial charge in [0.2, 0.25) is 0 Å². The second-order valence-electron chi connectivity index (χ2n) is 9.61. The summed E-state index contributed by atoms with van der Waals surface area (Å²) in [6, 6.07) is 7.60. The van der Waals surface area contributed by atoms with Crippen molar-refractivity contribution >= 4 is 40.6 Å². The Balaban J connectivity index is 1.87. The van der Waals surface area contributed by atoms with E-state index >= 15 is 0 Å². The molecule has 140 valence electrons. The maximum atomic E-state index is 3.71. The van der Waals surface area contributed by atoms with E-state index in [1.165, 1.54) is 46.7 Å². The number of halogens is 1. The number of rotatable bonds is 2. The molecule has 3 heterocycles. The first-order valence-electron chi connectivity index (χ1n) is 9.93. The molecule has 0 amide bonds. The van der Waals surface area contributed by atoms with Gasteiger partial charge in [0.1, 0.15) is 0 Å². The number of fused-ring (bicyclic) bond motifs is 2. The molecule has 2 nitrogen and oxygen atoms in total. The Hall–Kier alpha value is -0.843. The molecule has 1 atom stereocenters. The minimum absolute atomic E-state index is 0.312. The molecule has 0 N–H and O–H groups in total. The highest BCUT2D eigenvalue weighted by molar-refractivity contribution is 9.10. The third-order valence-electron chi connectivity index (χ3n) is 7.08. The van der Waals surface area contributed by atoms with Crippen LogP contribution in [0.4, 0.5) is 0 Å². The first kappa shape index (κ1) is 18.5. The summed E-state index contributed by atoms with van der Waals surface area (Å²) in [6.45, 7) is 14.6. The maximum Gasteiger partial charge on any atom is 0.161 e. The lowest BCUT2D eigenvalue weighted by Gasteiger charge is -2.38. The minimum atomic E-state index is -1.67. The molecule has 26 heavy (non-hydrogen) atoms. The molecular weight excluding hydrogens is 400 g/mol. The van der Waals surface area contributed by atoms with E-state index in [9.17, 15) is 0 Å². The number of benzene rings is 1. The van der Waals surface area contributed by atoms with Crippen LogP contribution in [-0.4, -0.2) is 36.5 Å². The monoisotopic (exact) mass is 430 g/mol. The summed E-state index contributed by atoms with van der Waals surface area (Å²) in [6.07, 6.45) is 8.92. The summed E-state index contributed by atoms with van der Waals surface area (Å²) in [5, 5.41) is 1.73. The second-order valence-corrected chi connectivity index (χ2v) is 15.6. The van der Waals surface area contributed by atoms with Crippen LogP contribution in [0.2, 0.25) is 18.1 Å². The minimum Gasteiger partial charge on any atom is -0.373 e. The van der Waals surface area contributed by atoms with Crippen LogP contribution < -0.4 is 0 Å². The summed E-state index contributed by atoms with van der Waals surface area (Å²) in [5.74, 6) is 0. The molecule has 0 unspecified atom stereocenters. The second kappa shape index (κ2) is 6.35. The topological polar surface area (TPSA) is 8.17 Å².